The topological polar surface area (TPSA) is 127 Å². The first-order valence-corrected chi connectivity index (χ1v) is 13.5. The Morgan fingerprint density at radius 2 is 2.05 bits per heavy atom. The van der Waals surface area contributed by atoms with Crippen molar-refractivity contribution in [3.05, 3.63) is 64.6 Å². The van der Waals surface area contributed by atoms with Gasteiger partial charge in [0.1, 0.15) is 11.5 Å². The number of carbonyl (C=O) groups is 3. The van der Waals surface area contributed by atoms with Crippen molar-refractivity contribution in [3.8, 4) is 11.3 Å². The maximum atomic E-state index is 14.5. The van der Waals surface area contributed by atoms with E-state index in [9.17, 15) is 18.8 Å². The minimum Gasteiger partial charge on any atom is -0.469 e. The molecule has 0 radical (unpaired) electrons. The first-order valence-electron chi connectivity index (χ1n) is 13.1. The van der Waals surface area contributed by atoms with Crippen LogP contribution in [0.25, 0.3) is 11.3 Å². The number of methoxy groups -OCH3 is 1. The van der Waals surface area contributed by atoms with Crippen LogP contribution in [-0.4, -0.2) is 51.5 Å². The van der Waals surface area contributed by atoms with Crippen molar-refractivity contribution in [2.45, 2.75) is 51.2 Å². The number of halogens is 2. The molecule has 4 heterocycles. The fraction of sp³-hybridized carbons (Fsp3) is 0.393. The van der Waals surface area contributed by atoms with Gasteiger partial charge >= 0.3 is 12.1 Å². The molecule has 5 rings (SSSR count). The third-order valence-electron chi connectivity index (χ3n) is 7.34. The van der Waals surface area contributed by atoms with Gasteiger partial charge in [0.2, 0.25) is 5.91 Å². The summed E-state index contributed by atoms with van der Waals surface area (Å²) >= 11 is 5.90. The summed E-state index contributed by atoms with van der Waals surface area (Å²) in [5.74, 6) is -0.957. The maximum absolute atomic E-state index is 14.5. The van der Waals surface area contributed by atoms with E-state index in [0.29, 0.717) is 60.6 Å². The number of rotatable bonds is 4. The molecule has 2 N–H and O–H groups in total. The van der Waals surface area contributed by atoms with Crippen molar-refractivity contribution in [2.24, 2.45) is 5.92 Å². The molecule has 12 heteroatoms. The van der Waals surface area contributed by atoms with Gasteiger partial charge in [0, 0.05) is 30.6 Å². The van der Waals surface area contributed by atoms with E-state index in [1.807, 2.05) is 13.0 Å². The molecule has 2 amide bonds. The number of imidazole rings is 1. The summed E-state index contributed by atoms with van der Waals surface area (Å²) in [6, 6.07) is 6.25. The predicted molar refractivity (Wildman–Crippen MR) is 144 cm³/mol. The Kier molecular flexibility index (Phi) is 8.02. The van der Waals surface area contributed by atoms with Gasteiger partial charge in [-0.1, -0.05) is 37.1 Å². The first-order chi connectivity index (χ1) is 19.2. The number of aromatic nitrogens is 3. The highest BCUT2D eigenvalue weighted by molar-refractivity contribution is 6.30. The number of aromatic amines is 1. The average molecular weight is 570 g/mol. The van der Waals surface area contributed by atoms with Gasteiger partial charge in [-0.2, -0.15) is 0 Å². The number of pyridine rings is 1. The number of cyclic esters (lactones) is 1. The Balaban J connectivity index is 1.44. The Hall–Kier alpha value is -3.99. The second-order valence-electron chi connectivity index (χ2n) is 10.00. The number of ether oxygens (including phenoxy) is 2. The van der Waals surface area contributed by atoms with Gasteiger partial charge in [0.25, 0.3) is 0 Å². The molecule has 3 atom stereocenters. The lowest BCUT2D eigenvalue weighted by Crippen LogP contribution is -2.42. The monoisotopic (exact) mass is 569 g/mol. The highest BCUT2D eigenvalue weighted by atomic mass is 35.5. The van der Waals surface area contributed by atoms with Crippen LogP contribution in [0, 0.1) is 11.7 Å². The van der Waals surface area contributed by atoms with Crippen LogP contribution in [0.15, 0.2) is 36.7 Å². The number of benzene rings is 1. The summed E-state index contributed by atoms with van der Waals surface area (Å²) < 4.78 is 25.0. The van der Waals surface area contributed by atoms with Crippen LogP contribution in [0.4, 0.5) is 14.9 Å². The quantitative estimate of drug-likeness (QED) is 0.405. The van der Waals surface area contributed by atoms with Crippen LogP contribution in [0.3, 0.4) is 0 Å². The molecule has 40 heavy (non-hydrogen) atoms. The van der Waals surface area contributed by atoms with Crippen molar-refractivity contribution in [1.29, 1.82) is 0 Å². The second-order valence-corrected chi connectivity index (χ2v) is 10.4. The van der Waals surface area contributed by atoms with Gasteiger partial charge in [-0.3, -0.25) is 19.5 Å². The minimum atomic E-state index is -0.851. The van der Waals surface area contributed by atoms with E-state index in [4.69, 9.17) is 21.1 Å². The normalized spacial score (nSPS) is 21.4. The molecule has 0 unspecified atom stereocenters. The summed E-state index contributed by atoms with van der Waals surface area (Å²) in [4.78, 5) is 51.6. The van der Waals surface area contributed by atoms with Gasteiger partial charge in [0.05, 0.1) is 42.2 Å². The van der Waals surface area contributed by atoms with E-state index in [0.717, 1.165) is 0 Å². The van der Waals surface area contributed by atoms with Crippen molar-refractivity contribution >= 4 is 35.3 Å². The number of amides is 2. The van der Waals surface area contributed by atoms with E-state index in [2.05, 4.69) is 20.3 Å². The van der Waals surface area contributed by atoms with E-state index in [1.54, 1.807) is 23.2 Å². The third kappa shape index (κ3) is 5.65. The number of nitrogens with zero attached hydrogens (tertiary/aromatic N) is 3. The average Bonchev–Trinajstić information content (AvgIpc) is 3.42. The molecule has 210 valence electrons. The molecular formula is C28H29ClFN5O5. The van der Waals surface area contributed by atoms with Crippen LogP contribution < -0.4 is 5.32 Å². The zero-order chi connectivity index (χ0) is 28.4. The van der Waals surface area contributed by atoms with Crippen molar-refractivity contribution in [3.63, 3.8) is 0 Å². The van der Waals surface area contributed by atoms with E-state index < -0.39 is 24.1 Å². The van der Waals surface area contributed by atoms with Crippen molar-refractivity contribution in [2.75, 3.05) is 19.0 Å². The molecule has 2 aromatic heterocycles. The van der Waals surface area contributed by atoms with Crippen molar-refractivity contribution < 1.29 is 28.2 Å². The molecule has 2 aliphatic rings. The van der Waals surface area contributed by atoms with Gasteiger partial charge < -0.3 is 19.8 Å². The largest absolute Gasteiger partial charge is 0.469 e. The smallest absolute Gasteiger partial charge is 0.411 e. The highest BCUT2D eigenvalue weighted by Gasteiger charge is 2.37. The zero-order valence-corrected chi connectivity index (χ0v) is 22.8. The minimum absolute atomic E-state index is 0.00230. The van der Waals surface area contributed by atoms with E-state index in [1.165, 1.54) is 19.4 Å². The molecule has 10 nitrogen and oxygen atoms in total. The summed E-state index contributed by atoms with van der Waals surface area (Å²) in [6.45, 7) is 2.14. The van der Waals surface area contributed by atoms with Crippen LogP contribution in [0.1, 0.15) is 61.8 Å². The maximum Gasteiger partial charge on any atom is 0.411 e. The fourth-order valence-electron chi connectivity index (χ4n) is 5.10. The Morgan fingerprint density at radius 1 is 1.23 bits per heavy atom. The molecule has 2 bridgehead atoms. The highest BCUT2D eigenvalue weighted by Crippen LogP contribution is 2.37. The molecule has 0 aliphatic carbocycles. The lowest BCUT2D eigenvalue weighted by atomic mass is 9.98. The van der Waals surface area contributed by atoms with Crippen molar-refractivity contribution in [1.82, 2.24) is 19.9 Å². The predicted octanol–water partition coefficient (Wildman–Crippen LogP) is 5.36. The van der Waals surface area contributed by atoms with E-state index in [-0.39, 0.29) is 34.9 Å². The number of hydrogen-bond acceptors (Lipinski definition) is 7. The van der Waals surface area contributed by atoms with Crippen LogP contribution in [-0.2, 0) is 25.5 Å². The third-order valence-corrected chi connectivity index (χ3v) is 7.63. The zero-order valence-electron chi connectivity index (χ0n) is 22.1. The molecule has 3 aromatic rings. The van der Waals surface area contributed by atoms with Gasteiger partial charge in [-0.25, -0.2) is 14.2 Å². The van der Waals surface area contributed by atoms with Gasteiger partial charge in [-0.15, -0.1) is 0 Å². The number of H-pyrrole nitrogens is 1. The Morgan fingerprint density at radius 3 is 2.83 bits per heavy atom. The first kappa shape index (κ1) is 27.6. The Bertz CT molecular complexity index is 1450. The SMILES string of the molecule is COC(=O)Cc1ccc2c(c1)NC(=O)[C@H](C)CCC[C@H](N1CC[C@H](c3nccc(Cl)c3F)OC1=O)c1ncc-2[nH]1. The number of hydrogen-bond donors (Lipinski definition) is 2. The summed E-state index contributed by atoms with van der Waals surface area (Å²) in [5.41, 5.74) is 2.57. The summed E-state index contributed by atoms with van der Waals surface area (Å²) in [6.07, 6.45) is 3.73. The van der Waals surface area contributed by atoms with Crippen LogP contribution >= 0.6 is 11.6 Å². The van der Waals surface area contributed by atoms with Crippen LogP contribution in [0.2, 0.25) is 5.02 Å². The summed E-state index contributed by atoms with van der Waals surface area (Å²) in [5, 5.41) is 2.92. The van der Waals surface area contributed by atoms with Crippen LogP contribution in [0.5, 0.6) is 0 Å². The second kappa shape index (κ2) is 11.6. The lowest BCUT2D eigenvalue weighted by molar-refractivity contribution is -0.139. The number of fused-ring (bicyclic) bond motifs is 4. The molecular weight excluding hydrogens is 541 g/mol. The molecule has 0 spiro atoms. The molecule has 1 saturated heterocycles. The number of nitrogens with one attached hydrogen (secondary N) is 2. The lowest BCUT2D eigenvalue weighted by Gasteiger charge is -2.36. The molecule has 1 fully saturated rings. The number of esters is 1. The number of anilines is 1. The standard InChI is InChI=1S/C28H29ClFN5O5/c1-15-4-3-5-21(35-11-9-22(40-28(35)38)25-24(30)18(29)8-10-31-25)26-32-14-20(33-26)17-7-6-16(13-23(36)39-2)12-19(17)34-27(15)37/h6-8,10,12,14-15,21-22H,3-5,9,11,13H2,1-2H3,(H,32,33)(H,34,37)/t15-,21+,22-/m1/s1. The van der Waals surface area contributed by atoms with E-state index >= 15 is 0 Å². The molecule has 2 aliphatic heterocycles. The fourth-order valence-corrected chi connectivity index (χ4v) is 5.25. The molecule has 1 aromatic carbocycles. The Labute approximate surface area is 235 Å². The molecule has 0 saturated carbocycles. The van der Waals surface area contributed by atoms with Gasteiger partial charge in [-0.05, 0) is 30.5 Å². The van der Waals surface area contributed by atoms with Gasteiger partial charge in [0.15, 0.2) is 11.9 Å². The number of carbonyl (C=O) groups excluding carboxylic acids is 3. The summed E-state index contributed by atoms with van der Waals surface area (Å²) in [7, 11) is 1.33.